The number of rotatable bonds is 6. The van der Waals surface area contributed by atoms with E-state index in [0.717, 1.165) is 0 Å². The molecule has 0 aromatic carbocycles. The molecule has 0 aliphatic heterocycles. The molecule has 1 atom stereocenters. The van der Waals surface area contributed by atoms with Gasteiger partial charge in [0.1, 0.15) is 0 Å². The van der Waals surface area contributed by atoms with E-state index < -0.39 is 12.1 Å². The molecule has 0 fully saturated rings. The highest BCUT2D eigenvalue weighted by Crippen LogP contribution is 1.91. The van der Waals surface area contributed by atoms with E-state index in [-0.39, 0.29) is 0 Å². The van der Waals surface area contributed by atoms with Crippen LogP contribution in [0, 0.1) is 0 Å². The van der Waals surface area contributed by atoms with Gasteiger partial charge in [-0.2, -0.15) is 0 Å². The SMILES string of the molecule is CC(OOCCCN)C(=O)O. The molecular formula is C6H13NO4. The highest BCUT2D eigenvalue weighted by atomic mass is 17.2. The molecule has 1 unspecified atom stereocenters. The zero-order chi connectivity index (χ0) is 8.69. The first-order chi connectivity index (χ1) is 5.18. The molecule has 0 spiro atoms. The van der Waals surface area contributed by atoms with Crippen molar-refractivity contribution in [3.63, 3.8) is 0 Å². The van der Waals surface area contributed by atoms with Gasteiger partial charge in [0.2, 0.25) is 0 Å². The van der Waals surface area contributed by atoms with E-state index in [4.69, 9.17) is 10.8 Å². The summed E-state index contributed by atoms with van der Waals surface area (Å²) in [4.78, 5) is 19.1. The van der Waals surface area contributed by atoms with Crippen molar-refractivity contribution in [1.29, 1.82) is 0 Å². The Morgan fingerprint density at radius 2 is 2.36 bits per heavy atom. The fourth-order valence-electron chi connectivity index (χ4n) is 0.334. The molecule has 0 saturated heterocycles. The van der Waals surface area contributed by atoms with Crippen LogP contribution in [0.15, 0.2) is 0 Å². The third-order valence-electron chi connectivity index (χ3n) is 0.992. The summed E-state index contributed by atoms with van der Waals surface area (Å²) in [6, 6.07) is 0. The summed E-state index contributed by atoms with van der Waals surface area (Å²) in [6.45, 7) is 2.23. The van der Waals surface area contributed by atoms with Gasteiger partial charge in [-0.1, -0.05) is 0 Å². The molecule has 0 rings (SSSR count). The van der Waals surface area contributed by atoms with Gasteiger partial charge in [0.05, 0.1) is 6.61 Å². The van der Waals surface area contributed by atoms with Crippen LogP contribution in [0.5, 0.6) is 0 Å². The average Bonchev–Trinajstić information content (AvgIpc) is 1.97. The van der Waals surface area contributed by atoms with E-state index in [1.165, 1.54) is 6.92 Å². The molecule has 0 radical (unpaired) electrons. The Labute approximate surface area is 65.0 Å². The van der Waals surface area contributed by atoms with Gasteiger partial charge in [-0.05, 0) is 19.9 Å². The third-order valence-corrected chi connectivity index (χ3v) is 0.992. The first kappa shape index (κ1) is 10.3. The predicted octanol–water partition coefficient (Wildman–Crippen LogP) is -0.244. The monoisotopic (exact) mass is 163 g/mol. The smallest absolute Gasteiger partial charge is 0.335 e. The topological polar surface area (TPSA) is 81.8 Å². The zero-order valence-corrected chi connectivity index (χ0v) is 6.45. The lowest BCUT2D eigenvalue weighted by Gasteiger charge is -2.05. The van der Waals surface area contributed by atoms with Gasteiger partial charge in [-0.3, -0.25) is 0 Å². The van der Waals surface area contributed by atoms with Gasteiger partial charge in [0.15, 0.2) is 6.10 Å². The summed E-state index contributed by atoms with van der Waals surface area (Å²) in [5.74, 6) is -1.04. The maximum absolute atomic E-state index is 10.1. The van der Waals surface area contributed by atoms with Gasteiger partial charge in [-0.15, -0.1) is 0 Å². The number of carboxylic acids is 1. The lowest BCUT2D eigenvalue weighted by Crippen LogP contribution is -2.20. The van der Waals surface area contributed by atoms with Crippen molar-refractivity contribution in [3.05, 3.63) is 0 Å². The summed E-state index contributed by atoms with van der Waals surface area (Å²) >= 11 is 0. The van der Waals surface area contributed by atoms with Crippen LogP contribution in [0.25, 0.3) is 0 Å². The lowest BCUT2D eigenvalue weighted by atomic mass is 10.4. The van der Waals surface area contributed by atoms with E-state index in [9.17, 15) is 4.79 Å². The summed E-state index contributed by atoms with van der Waals surface area (Å²) in [5.41, 5.74) is 5.15. The van der Waals surface area contributed by atoms with Crippen LogP contribution in [0.3, 0.4) is 0 Å². The molecule has 0 bridgehead atoms. The molecule has 0 aliphatic carbocycles. The Balaban J connectivity index is 3.17. The number of carbonyl (C=O) groups is 1. The normalized spacial score (nSPS) is 12.9. The first-order valence-corrected chi connectivity index (χ1v) is 3.39. The van der Waals surface area contributed by atoms with Gasteiger partial charge in [-0.25, -0.2) is 14.6 Å². The highest BCUT2D eigenvalue weighted by Gasteiger charge is 2.11. The van der Waals surface area contributed by atoms with Gasteiger partial charge in [0.25, 0.3) is 0 Å². The fourth-order valence-corrected chi connectivity index (χ4v) is 0.334. The summed E-state index contributed by atoms with van der Waals surface area (Å²) in [6.07, 6.45) is -0.264. The second-order valence-electron chi connectivity index (χ2n) is 2.04. The molecule has 11 heavy (non-hydrogen) atoms. The molecule has 0 aliphatic rings. The Kier molecular flexibility index (Phi) is 5.73. The quantitative estimate of drug-likeness (QED) is 0.321. The van der Waals surface area contributed by atoms with Crippen LogP contribution in [0.1, 0.15) is 13.3 Å². The van der Waals surface area contributed by atoms with E-state index in [2.05, 4.69) is 9.78 Å². The molecule has 0 heterocycles. The van der Waals surface area contributed by atoms with Crippen LogP contribution in [-0.2, 0) is 14.6 Å². The molecule has 5 nitrogen and oxygen atoms in total. The van der Waals surface area contributed by atoms with E-state index in [1.54, 1.807) is 0 Å². The zero-order valence-electron chi connectivity index (χ0n) is 6.45. The van der Waals surface area contributed by atoms with Crippen molar-refractivity contribution in [2.45, 2.75) is 19.4 Å². The molecular weight excluding hydrogens is 150 g/mol. The molecule has 0 aromatic rings. The molecule has 0 saturated carbocycles. The van der Waals surface area contributed by atoms with Gasteiger partial charge >= 0.3 is 5.97 Å². The standard InChI is InChI=1S/C6H13NO4/c1-5(6(8)9)11-10-4-2-3-7/h5H,2-4,7H2,1H3,(H,8,9). The van der Waals surface area contributed by atoms with Crippen LogP contribution < -0.4 is 5.73 Å². The van der Waals surface area contributed by atoms with Crippen molar-refractivity contribution in [1.82, 2.24) is 0 Å². The second-order valence-corrected chi connectivity index (χ2v) is 2.04. The number of aliphatic carboxylic acids is 1. The minimum Gasteiger partial charge on any atom is -0.479 e. The average molecular weight is 163 g/mol. The number of hydrogen-bond donors (Lipinski definition) is 2. The van der Waals surface area contributed by atoms with Crippen molar-refractivity contribution in [2.75, 3.05) is 13.2 Å². The Bertz CT molecular complexity index is 117. The van der Waals surface area contributed by atoms with Crippen LogP contribution >= 0.6 is 0 Å². The Morgan fingerprint density at radius 3 is 2.82 bits per heavy atom. The lowest BCUT2D eigenvalue weighted by molar-refractivity contribution is -0.316. The second kappa shape index (κ2) is 6.09. The van der Waals surface area contributed by atoms with Crippen LogP contribution in [0.2, 0.25) is 0 Å². The number of carboxylic acid groups (broad SMARTS) is 1. The highest BCUT2D eigenvalue weighted by molar-refractivity contribution is 5.71. The van der Waals surface area contributed by atoms with Gasteiger partial charge in [0, 0.05) is 0 Å². The molecule has 3 N–H and O–H groups in total. The molecule has 5 heteroatoms. The largest absolute Gasteiger partial charge is 0.479 e. The van der Waals surface area contributed by atoms with Crippen molar-refractivity contribution >= 4 is 5.97 Å². The molecule has 0 aromatic heterocycles. The van der Waals surface area contributed by atoms with Crippen LogP contribution in [-0.4, -0.2) is 30.3 Å². The summed E-state index contributed by atoms with van der Waals surface area (Å²) in [5, 5.41) is 8.31. The van der Waals surface area contributed by atoms with E-state index in [0.29, 0.717) is 19.6 Å². The molecule has 0 amide bonds. The maximum atomic E-state index is 10.1. The number of hydrogen-bond acceptors (Lipinski definition) is 4. The molecule has 66 valence electrons. The van der Waals surface area contributed by atoms with Crippen molar-refractivity contribution in [2.24, 2.45) is 5.73 Å². The first-order valence-electron chi connectivity index (χ1n) is 3.39. The van der Waals surface area contributed by atoms with Crippen molar-refractivity contribution in [3.8, 4) is 0 Å². The Hall–Kier alpha value is -0.650. The van der Waals surface area contributed by atoms with Crippen molar-refractivity contribution < 1.29 is 19.7 Å². The Morgan fingerprint density at radius 1 is 1.73 bits per heavy atom. The van der Waals surface area contributed by atoms with Crippen LogP contribution in [0.4, 0.5) is 0 Å². The van der Waals surface area contributed by atoms with E-state index >= 15 is 0 Å². The summed E-state index contributed by atoms with van der Waals surface area (Å²) in [7, 11) is 0. The number of nitrogens with two attached hydrogens (primary N) is 1. The van der Waals surface area contributed by atoms with Gasteiger partial charge < -0.3 is 10.8 Å². The minimum absolute atomic E-state index is 0.327. The minimum atomic E-state index is -1.04. The third kappa shape index (κ3) is 5.78. The predicted molar refractivity (Wildman–Crippen MR) is 37.8 cm³/mol. The fraction of sp³-hybridized carbons (Fsp3) is 0.833. The maximum Gasteiger partial charge on any atom is 0.335 e. The summed E-state index contributed by atoms with van der Waals surface area (Å²) < 4.78 is 0. The van der Waals surface area contributed by atoms with E-state index in [1.807, 2.05) is 0 Å².